The second-order valence-corrected chi connectivity index (χ2v) is 5.93. The van der Waals surface area contributed by atoms with Gasteiger partial charge in [0.15, 0.2) is 0 Å². The van der Waals surface area contributed by atoms with Crippen LogP contribution in [0.2, 0.25) is 0 Å². The molecule has 2 heterocycles. The summed E-state index contributed by atoms with van der Waals surface area (Å²) in [6.07, 6.45) is 3.98. The molecule has 1 aliphatic heterocycles. The Bertz CT molecular complexity index is 482. The Morgan fingerprint density at radius 3 is 2.67 bits per heavy atom. The molecule has 21 heavy (non-hydrogen) atoms. The van der Waals surface area contributed by atoms with E-state index in [1.54, 1.807) is 30.4 Å². The van der Waals surface area contributed by atoms with Gasteiger partial charge in [-0.25, -0.2) is 9.97 Å². The lowest BCUT2D eigenvalue weighted by atomic mass is 10.0. The van der Waals surface area contributed by atoms with E-state index in [0.29, 0.717) is 38.5 Å². The highest BCUT2D eigenvalue weighted by molar-refractivity contribution is 5.78. The summed E-state index contributed by atoms with van der Waals surface area (Å²) in [5.74, 6) is 0.624. The van der Waals surface area contributed by atoms with Crippen molar-refractivity contribution < 1.29 is 9.90 Å². The average Bonchev–Trinajstić information content (AvgIpc) is 2.81. The monoisotopic (exact) mass is 293 g/mol. The number of carbonyl (C=O) groups is 1. The molecule has 0 spiro atoms. The molecular formula is C14H23N5O2. The van der Waals surface area contributed by atoms with Crippen molar-refractivity contribution in [3.05, 3.63) is 18.5 Å². The standard InChI is InChI=1S/C14H23N5O2/c1-17(2)9-12(20)18(3)10-14(21)5-8-19(11-14)13-15-6-4-7-16-13/h4,6-7,21H,5,8-11H2,1-3H3/t14-/m1/s1. The van der Waals surface area contributed by atoms with Crippen molar-refractivity contribution in [1.82, 2.24) is 19.8 Å². The van der Waals surface area contributed by atoms with Crippen molar-refractivity contribution in [2.24, 2.45) is 0 Å². The molecule has 1 fully saturated rings. The average molecular weight is 293 g/mol. The third kappa shape index (κ3) is 4.12. The Morgan fingerprint density at radius 1 is 1.38 bits per heavy atom. The fourth-order valence-electron chi connectivity index (χ4n) is 2.53. The molecule has 1 aromatic heterocycles. The summed E-state index contributed by atoms with van der Waals surface area (Å²) >= 11 is 0. The summed E-state index contributed by atoms with van der Waals surface area (Å²) < 4.78 is 0. The van der Waals surface area contributed by atoms with E-state index in [1.165, 1.54) is 0 Å². The number of nitrogens with zero attached hydrogens (tertiary/aromatic N) is 5. The van der Waals surface area contributed by atoms with Gasteiger partial charge in [0.1, 0.15) is 5.60 Å². The maximum atomic E-state index is 12.0. The molecule has 1 N–H and O–H groups in total. The first kappa shape index (κ1) is 15.7. The summed E-state index contributed by atoms with van der Waals surface area (Å²) in [6.45, 7) is 1.80. The van der Waals surface area contributed by atoms with E-state index in [2.05, 4.69) is 9.97 Å². The number of anilines is 1. The maximum Gasteiger partial charge on any atom is 0.236 e. The van der Waals surface area contributed by atoms with Gasteiger partial charge in [-0.1, -0.05) is 0 Å². The summed E-state index contributed by atoms with van der Waals surface area (Å²) in [4.78, 5) is 25.7. The van der Waals surface area contributed by atoms with Crippen molar-refractivity contribution in [1.29, 1.82) is 0 Å². The van der Waals surface area contributed by atoms with Crippen molar-refractivity contribution in [2.75, 3.05) is 52.2 Å². The van der Waals surface area contributed by atoms with Crippen LogP contribution in [-0.2, 0) is 4.79 Å². The Labute approximate surface area is 125 Å². The third-order valence-electron chi connectivity index (χ3n) is 3.58. The number of amides is 1. The van der Waals surface area contributed by atoms with Gasteiger partial charge in [0.2, 0.25) is 11.9 Å². The van der Waals surface area contributed by atoms with Crippen molar-refractivity contribution in [3.8, 4) is 0 Å². The van der Waals surface area contributed by atoms with Crippen LogP contribution in [0.25, 0.3) is 0 Å². The van der Waals surface area contributed by atoms with E-state index in [1.807, 2.05) is 23.9 Å². The molecule has 7 heteroatoms. The number of aromatic nitrogens is 2. The topological polar surface area (TPSA) is 72.8 Å². The van der Waals surface area contributed by atoms with E-state index < -0.39 is 5.60 Å². The van der Waals surface area contributed by atoms with E-state index in [4.69, 9.17) is 0 Å². The lowest BCUT2D eigenvalue weighted by Crippen LogP contribution is -2.47. The van der Waals surface area contributed by atoms with Crippen molar-refractivity contribution in [3.63, 3.8) is 0 Å². The molecule has 1 amide bonds. The quantitative estimate of drug-likeness (QED) is 0.784. The Balaban J connectivity index is 1.93. The number of likely N-dealkylation sites (N-methyl/N-ethyl adjacent to an activating group) is 2. The minimum Gasteiger partial charge on any atom is -0.386 e. The normalized spacial score (nSPS) is 21.9. The molecule has 7 nitrogen and oxygen atoms in total. The van der Waals surface area contributed by atoms with Crippen LogP contribution in [0.4, 0.5) is 5.95 Å². The van der Waals surface area contributed by atoms with Gasteiger partial charge in [0.25, 0.3) is 0 Å². The third-order valence-corrected chi connectivity index (χ3v) is 3.58. The van der Waals surface area contributed by atoms with Crippen LogP contribution in [0.3, 0.4) is 0 Å². The first-order valence-electron chi connectivity index (χ1n) is 7.03. The summed E-state index contributed by atoms with van der Waals surface area (Å²) in [6, 6.07) is 1.76. The van der Waals surface area contributed by atoms with Gasteiger partial charge in [0.05, 0.1) is 19.6 Å². The van der Waals surface area contributed by atoms with Crippen LogP contribution >= 0.6 is 0 Å². The summed E-state index contributed by atoms with van der Waals surface area (Å²) in [5, 5.41) is 10.7. The van der Waals surface area contributed by atoms with Crippen LogP contribution in [-0.4, -0.2) is 83.7 Å². The Hall–Kier alpha value is -1.73. The first-order valence-corrected chi connectivity index (χ1v) is 7.03. The number of aliphatic hydroxyl groups is 1. The smallest absolute Gasteiger partial charge is 0.236 e. The number of rotatable bonds is 5. The van der Waals surface area contributed by atoms with Crippen molar-refractivity contribution >= 4 is 11.9 Å². The lowest BCUT2D eigenvalue weighted by molar-refractivity contribution is -0.133. The van der Waals surface area contributed by atoms with Crippen LogP contribution < -0.4 is 4.90 Å². The molecule has 2 rings (SSSR count). The molecule has 0 saturated carbocycles. The molecule has 0 aliphatic carbocycles. The second-order valence-electron chi connectivity index (χ2n) is 5.93. The fraction of sp³-hybridized carbons (Fsp3) is 0.643. The van der Waals surface area contributed by atoms with Gasteiger partial charge >= 0.3 is 0 Å². The molecule has 0 aromatic carbocycles. The van der Waals surface area contributed by atoms with E-state index in [-0.39, 0.29) is 5.91 Å². The Morgan fingerprint density at radius 2 is 2.05 bits per heavy atom. The number of hydrogen-bond donors (Lipinski definition) is 1. The van der Waals surface area contributed by atoms with Gasteiger partial charge in [-0.05, 0) is 26.6 Å². The molecule has 0 unspecified atom stereocenters. The van der Waals surface area contributed by atoms with E-state index in [0.717, 1.165) is 0 Å². The van der Waals surface area contributed by atoms with Gasteiger partial charge in [0, 0.05) is 26.0 Å². The zero-order valence-electron chi connectivity index (χ0n) is 12.9. The molecule has 1 aliphatic rings. The fourth-order valence-corrected chi connectivity index (χ4v) is 2.53. The number of β-amino-alcohol motifs (C(OH)–C–C–N with tert-alkyl or cyclic N) is 1. The number of carbonyl (C=O) groups excluding carboxylic acids is 1. The highest BCUT2D eigenvalue weighted by Gasteiger charge is 2.38. The molecule has 1 saturated heterocycles. The molecule has 0 bridgehead atoms. The molecule has 116 valence electrons. The van der Waals surface area contributed by atoms with Gasteiger partial charge in [-0.3, -0.25) is 4.79 Å². The predicted molar refractivity (Wildman–Crippen MR) is 80.0 cm³/mol. The largest absolute Gasteiger partial charge is 0.386 e. The van der Waals surface area contributed by atoms with Crippen LogP contribution in [0.1, 0.15) is 6.42 Å². The van der Waals surface area contributed by atoms with Gasteiger partial charge in [-0.2, -0.15) is 0 Å². The number of hydrogen-bond acceptors (Lipinski definition) is 6. The first-order chi connectivity index (χ1) is 9.89. The summed E-state index contributed by atoms with van der Waals surface area (Å²) in [7, 11) is 5.43. The maximum absolute atomic E-state index is 12.0. The minimum atomic E-state index is -0.907. The minimum absolute atomic E-state index is 0.00263. The van der Waals surface area contributed by atoms with E-state index >= 15 is 0 Å². The van der Waals surface area contributed by atoms with Crippen LogP contribution in [0, 0.1) is 0 Å². The zero-order chi connectivity index (χ0) is 15.5. The SMILES string of the molecule is CN(C)CC(=O)N(C)C[C@]1(O)CCN(c2ncccn2)C1. The molecule has 1 aromatic rings. The van der Waals surface area contributed by atoms with Crippen molar-refractivity contribution in [2.45, 2.75) is 12.0 Å². The Kier molecular flexibility index (Phi) is 4.74. The zero-order valence-corrected chi connectivity index (χ0v) is 12.9. The molecular weight excluding hydrogens is 270 g/mol. The molecule has 1 atom stereocenters. The second kappa shape index (κ2) is 6.36. The highest BCUT2D eigenvalue weighted by Crippen LogP contribution is 2.24. The van der Waals surface area contributed by atoms with Gasteiger partial charge < -0.3 is 19.8 Å². The van der Waals surface area contributed by atoms with E-state index in [9.17, 15) is 9.90 Å². The predicted octanol–water partition coefficient (Wildman–Crippen LogP) is -0.562. The van der Waals surface area contributed by atoms with Crippen LogP contribution in [0.15, 0.2) is 18.5 Å². The summed E-state index contributed by atoms with van der Waals surface area (Å²) in [5.41, 5.74) is -0.907. The van der Waals surface area contributed by atoms with Gasteiger partial charge in [-0.15, -0.1) is 0 Å². The lowest BCUT2D eigenvalue weighted by Gasteiger charge is -2.29. The molecule has 0 radical (unpaired) electrons. The van der Waals surface area contributed by atoms with Crippen LogP contribution in [0.5, 0.6) is 0 Å². The highest BCUT2D eigenvalue weighted by atomic mass is 16.3.